The molecule has 0 radical (unpaired) electrons. The third-order valence-corrected chi connectivity index (χ3v) is 4.46. The second-order valence-corrected chi connectivity index (χ2v) is 6.51. The van der Waals surface area contributed by atoms with Crippen molar-refractivity contribution in [2.24, 2.45) is 5.10 Å². The highest BCUT2D eigenvalue weighted by Gasteiger charge is 2.31. The highest BCUT2D eigenvalue weighted by molar-refractivity contribution is 6.33. The Morgan fingerprint density at radius 1 is 1.15 bits per heavy atom. The van der Waals surface area contributed by atoms with Crippen molar-refractivity contribution in [2.75, 3.05) is 18.5 Å². The van der Waals surface area contributed by atoms with E-state index in [1.807, 2.05) is 18.2 Å². The van der Waals surface area contributed by atoms with E-state index < -0.39 is 11.7 Å². The quantitative estimate of drug-likeness (QED) is 0.771. The largest absolute Gasteiger partial charge is 0.417 e. The normalized spacial score (nSPS) is 15.8. The van der Waals surface area contributed by atoms with Crippen LogP contribution in [-0.4, -0.2) is 28.7 Å². The van der Waals surface area contributed by atoms with Crippen molar-refractivity contribution < 1.29 is 13.2 Å². The number of likely N-dealkylation sites (tertiary alicyclic amines) is 1. The van der Waals surface area contributed by atoms with E-state index in [0.29, 0.717) is 0 Å². The monoisotopic (exact) mass is 382 g/mol. The van der Waals surface area contributed by atoms with Crippen LogP contribution in [0.1, 0.15) is 24.0 Å². The number of hydrazone groups is 1. The van der Waals surface area contributed by atoms with Crippen molar-refractivity contribution in [3.8, 4) is 0 Å². The molecule has 3 rings (SSSR count). The standard InChI is InChI=1S/C18H18ClF3N4/c19-16-10-14(18(20,21)22)11-23-17(16)25-24-15-6-8-26(9-7-15)12-13-4-2-1-3-5-13/h1-5,10-11H,6-9,12H2,(H,23,25). The molecular formula is C18H18ClF3N4. The summed E-state index contributed by atoms with van der Waals surface area (Å²) in [5.74, 6) is 0.124. The summed E-state index contributed by atoms with van der Waals surface area (Å²) < 4.78 is 37.9. The lowest BCUT2D eigenvalue weighted by Gasteiger charge is -2.27. The number of alkyl halides is 3. The van der Waals surface area contributed by atoms with Crippen LogP contribution in [0.5, 0.6) is 0 Å². The minimum Gasteiger partial charge on any atom is -0.298 e. The van der Waals surface area contributed by atoms with Gasteiger partial charge in [-0.1, -0.05) is 41.9 Å². The van der Waals surface area contributed by atoms with Crippen LogP contribution in [0.4, 0.5) is 19.0 Å². The number of benzene rings is 1. The number of hydrogen-bond donors (Lipinski definition) is 1. The van der Waals surface area contributed by atoms with E-state index in [-0.39, 0.29) is 10.8 Å². The van der Waals surface area contributed by atoms with E-state index in [4.69, 9.17) is 11.6 Å². The van der Waals surface area contributed by atoms with Crippen molar-refractivity contribution in [1.82, 2.24) is 9.88 Å². The Balaban J connectivity index is 1.54. The Labute approximate surface area is 154 Å². The first-order chi connectivity index (χ1) is 12.4. The summed E-state index contributed by atoms with van der Waals surface area (Å²) in [4.78, 5) is 6.06. The van der Waals surface area contributed by atoms with Gasteiger partial charge in [-0.15, -0.1) is 0 Å². The molecule has 26 heavy (non-hydrogen) atoms. The van der Waals surface area contributed by atoms with Crippen molar-refractivity contribution in [3.05, 3.63) is 58.7 Å². The van der Waals surface area contributed by atoms with Gasteiger partial charge in [0.05, 0.1) is 10.6 Å². The number of pyridine rings is 1. The third-order valence-electron chi connectivity index (χ3n) is 4.17. The number of rotatable bonds is 4. The van der Waals surface area contributed by atoms with Crippen LogP contribution in [0.25, 0.3) is 0 Å². The zero-order chi connectivity index (χ0) is 18.6. The highest BCUT2D eigenvalue weighted by atomic mass is 35.5. The van der Waals surface area contributed by atoms with E-state index in [2.05, 4.69) is 32.5 Å². The lowest BCUT2D eigenvalue weighted by molar-refractivity contribution is -0.137. The van der Waals surface area contributed by atoms with Crippen LogP contribution in [0.2, 0.25) is 5.02 Å². The maximum Gasteiger partial charge on any atom is 0.417 e. The van der Waals surface area contributed by atoms with Crippen LogP contribution in [-0.2, 0) is 12.7 Å². The topological polar surface area (TPSA) is 40.5 Å². The molecule has 138 valence electrons. The van der Waals surface area contributed by atoms with Gasteiger partial charge in [0.15, 0.2) is 5.82 Å². The molecule has 1 fully saturated rings. The molecule has 1 N–H and O–H groups in total. The van der Waals surface area contributed by atoms with Crippen molar-refractivity contribution in [2.45, 2.75) is 25.6 Å². The van der Waals surface area contributed by atoms with Gasteiger partial charge in [0.1, 0.15) is 0 Å². The first kappa shape index (κ1) is 18.7. The van der Waals surface area contributed by atoms with Gasteiger partial charge in [0, 0.05) is 44.4 Å². The van der Waals surface area contributed by atoms with Gasteiger partial charge in [-0.25, -0.2) is 4.98 Å². The maximum atomic E-state index is 12.6. The summed E-state index contributed by atoms with van der Waals surface area (Å²) in [5, 5.41) is 4.15. The van der Waals surface area contributed by atoms with Crippen LogP contribution < -0.4 is 5.43 Å². The zero-order valence-electron chi connectivity index (χ0n) is 13.9. The lowest BCUT2D eigenvalue weighted by atomic mass is 10.1. The average molecular weight is 383 g/mol. The van der Waals surface area contributed by atoms with Crippen molar-refractivity contribution in [1.29, 1.82) is 0 Å². The number of halogens is 4. The summed E-state index contributed by atoms with van der Waals surface area (Å²) in [7, 11) is 0. The van der Waals surface area contributed by atoms with E-state index in [1.165, 1.54) is 5.56 Å². The van der Waals surface area contributed by atoms with Gasteiger partial charge < -0.3 is 0 Å². The molecular weight excluding hydrogens is 365 g/mol. The fourth-order valence-electron chi connectivity index (χ4n) is 2.73. The first-order valence-corrected chi connectivity index (χ1v) is 8.60. The van der Waals surface area contributed by atoms with Crippen LogP contribution in [0.15, 0.2) is 47.7 Å². The minimum absolute atomic E-state index is 0.106. The molecule has 8 heteroatoms. The number of hydrogen-bond acceptors (Lipinski definition) is 4. The number of anilines is 1. The number of nitrogens with zero attached hydrogens (tertiary/aromatic N) is 3. The molecule has 4 nitrogen and oxygen atoms in total. The molecule has 0 spiro atoms. The Bertz CT molecular complexity index is 768. The fourth-order valence-corrected chi connectivity index (χ4v) is 2.94. The molecule has 1 saturated heterocycles. The minimum atomic E-state index is -4.47. The van der Waals surface area contributed by atoms with Gasteiger partial charge in [-0.2, -0.15) is 18.3 Å². The molecule has 0 atom stereocenters. The second-order valence-electron chi connectivity index (χ2n) is 6.10. The Morgan fingerprint density at radius 3 is 2.46 bits per heavy atom. The molecule has 0 unspecified atom stereocenters. The molecule has 0 bridgehead atoms. The average Bonchev–Trinajstić information content (AvgIpc) is 2.62. The summed E-state index contributed by atoms with van der Waals surface area (Å²) in [6, 6.07) is 11.1. The van der Waals surface area contributed by atoms with Crippen LogP contribution in [0.3, 0.4) is 0 Å². The molecule has 0 aliphatic carbocycles. The van der Waals surface area contributed by atoms with Gasteiger partial charge in [-0.05, 0) is 11.6 Å². The Hall–Kier alpha value is -2.12. The smallest absolute Gasteiger partial charge is 0.298 e. The van der Waals surface area contributed by atoms with Gasteiger partial charge >= 0.3 is 6.18 Å². The van der Waals surface area contributed by atoms with E-state index >= 15 is 0 Å². The summed E-state index contributed by atoms with van der Waals surface area (Å²) in [6.07, 6.45) is -2.14. The van der Waals surface area contributed by atoms with E-state index in [9.17, 15) is 13.2 Å². The molecule has 0 saturated carbocycles. The molecule has 1 aromatic carbocycles. The van der Waals surface area contributed by atoms with Crippen LogP contribution >= 0.6 is 11.6 Å². The zero-order valence-corrected chi connectivity index (χ0v) is 14.7. The van der Waals surface area contributed by atoms with Crippen LogP contribution in [0, 0.1) is 0 Å². The number of nitrogens with one attached hydrogen (secondary N) is 1. The predicted octanol–water partition coefficient (Wildman–Crippen LogP) is 4.82. The van der Waals surface area contributed by atoms with Gasteiger partial charge in [0.25, 0.3) is 0 Å². The van der Waals surface area contributed by atoms with Crippen molar-refractivity contribution in [3.63, 3.8) is 0 Å². The third kappa shape index (κ3) is 4.95. The maximum absolute atomic E-state index is 12.6. The molecule has 2 aromatic rings. The van der Waals surface area contributed by atoms with Gasteiger partial charge in [-0.3, -0.25) is 10.3 Å². The molecule has 2 heterocycles. The Kier molecular flexibility index (Phi) is 5.78. The summed E-state index contributed by atoms with van der Waals surface area (Å²) in [6.45, 7) is 2.65. The number of aromatic nitrogens is 1. The molecule has 1 aliphatic heterocycles. The summed E-state index contributed by atoms with van der Waals surface area (Å²) in [5.41, 5.74) is 4.03. The van der Waals surface area contributed by atoms with Crippen molar-refractivity contribution >= 4 is 23.1 Å². The van der Waals surface area contributed by atoms with E-state index in [1.54, 1.807) is 0 Å². The highest BCUT2D eigenvalue weighted by Crippen LogP contribution is 2.32. The molecule has 0 amide bonds. The summed E-state index contributed by atoms with van der Waals surface area (Å²) >= 11 is 5.86. The number of piperidine rings is 1. The molecule has 1 aliphatic rings. The van der Waals surface area contributed by atoms with Gasteiger partial charge in [0.2, 0.25) is 0 Å². The first-order valence-electron chi connectivity index (χ1n) is 8.22. The predicted molar refractivity (Wildman–Crippen MR) is 96.3 cm³/mol. The lowest BCUT2D eigenvalue weighted by Crippen LogP contribution is -2.33. The second kappa shape index (κ2) is 8.05. The SMILES string of the molecule is FC(F)(F)c1cnc(NN=C2CCN(Cc3ccccc3)CC2)c(Cl)c1. The Morgan fingerprint density at radius 2 is 1.85 bits per heavy atom. The fraction of sp³-hybridized carbons (Fsp3) is 0.333. The van der Waals surface area contributed by atoms with E-state index in [0.717, 1.165) is 50.5 Å². The molecule has 1 aromatic heterocycles.